The molecule has 15 heavy (non-hydrogen) atoms. The molecule has 2 unspecified atom stereocenters. The van der Waals surface area contributed by atoms with Crippen LogP contribution in [0.3, 0.4) is 0 Å². The van der Waals surface area contributed by atoms with Gasteiger partial charge in [-0.05, 0) is 13.1 Å². The summed E-state index contributed by atoms with van der Waals surface area (Å²) < 4.78 is 5.37. The van der Waals surface area contributed by atoms with Crippen LogP contribution < -0.4 is 10.5 Å². The summed E-state index contributed by atoms with van der Waals surface area (Å²) in [6.45, 7) is 1.98. The molecule has 1 heterocycles. The summed E-state index contributed by atoms with van der Waals surface area (Å²) in [4.78, 5) is 2.27. The molecule has 3 nitrogen and oxygen atoms in total. The maximum Gasteiger partial charge on any atom is 0.122 e. The van der Waals surface area contributed by atoms with Crippen molar-refractivity contribution in [2.75, 3.05) is 27.2 Å². The number of nitrogens with zero attached hydrogens (tertiary/aromatic N) is 1. The molecule has 2 rings (SSSR count). The van der Waals surface area contributed by atoms with Crippen LogP contribution in [0.4, 0.5) is 0 Å². The maximum atomic E-state index is 6.13. The zero-order valence-electron chi connectivity index (χ0n) is 9.31. The molecule has 1 fully saturated rings. The number of likely N-dealkylation sites (tertiary alicyclic amines) is 1. The zero-order valence-corrected chi connectivity index (χ0v) is 9.31. The van der Waals surface area contributed by atoms with Crippen molar-refractivity contribution in [2.45, 2.75) is 12.0 Å². The maximum absolute atomic E-state index is 6.13. The lowest BCUT2D eigenvalue weighted by Gasteiger charge is -2.17. The SMILES string of the molecule is COc1ccccc1C1CN(C)CC1N. The van der Waals surface area contributed by atoms with E-state index in [1.807, 2.05) is 18.2 Å². The highest BCUT2D eigenvalue weighted by Gasteiger charge is 2.30. The summed E-state index contributed by atoms with van der Waals surface area (Å²) >= 11 is 0. The van der Waals surface area contributed by atoms with E-state index < -0.39 is 0 Å². The Balaban J connectivity index is 2.29. The summed E-state index contributed by atoms with van der Waals surface area (Å²) in [6.07, 6.45) is 0. The number of hydrogen-bond donors (Lipinski definition) is 1. The predicted molar refractivity (Wildman–Crippen MR) is 61.2 cm³/mol. The molecule has 3 heteroatoms. The van der Waals surface area contributed by atoms with Gasteiger partial charge in [0.1, 0.15) is 5.75 Å². The van der Waals surface area contributed by atoms with E-state index in [9.17, 15) is 0 Å². The predicted octanol–water partition coefficient (Wildman–Crippen LogP) is 1.05. The van der Waals surface area contributed by atoms with Gasteiger partial charge in [0.25, 0.3) is 0 Å². The highest BCUT2D eigenvalue weighted by Crippen LogP contribution is 2.31. The van der Waals surface area contributed by atoms with Crippen molar-refractivity contribution < 1.29 is 4.74 Å². The first-order valence-electron chi connectivity index (χ1n) is 5.29. The monoisotopic (exact) mass is 206 g/mol. The largest absolute Gasteiger partial charge is 0.496 e. The van der Waals surface area contributed by atoms with Gasteiger partial charge in [0, 0.05) is 30.6 Å². The number of benzene rings is 1. The van der Waals surface area contributed by atoms with Crippen LogP contribution in [0.15, 0.2) is 24.3 Å². The van der Waals surface area contributed by atoms with Crippen molar-refractivity contribution in [3.05, 3.63) is 29.8 Å². The molecule has 0 bridgehead atoms. The summed E-state index contributed by atoms with van der Waals surface area (Å²) in [6, 6.07) is 8.37. The minimum Gasteiger partial charge on any atom is -0.496 e. The van der Waals surface area contributed by atoms with Crippen LogP contribution in [-0.2, 0) is 0 Å². The van der Waals surface area contributed by atoms with Crippen LogP contribution in [0.2, 0.25) is 0 Å². The van der Waals surface area contributed by atoms with Crippen LogP contribution in [-0.4, -0.2) is 38.2 Å². The van der Waals surface area contributed by atoms with E-state index in [-0.39, 0.29) is 6.04 Å². The van der Waals surface area contributed by atoms with Crippen LogP contribution >= 0.6 is 0 Å². The van der Waals surface area contributed by atoms with Crippen molar-refractivity contribution in [2.24, 2.45) is 5.73 Å². The lowest BCUT2D eigenvalue weighted by Crippen LogP contribution is -2.28. The molecule has 1 aliphatic rings. The molecule has 2 atom stereocenters. The topological polar surface area (TPSA) is 38.5 Å². The lowest BCUT2D eigenvalue weighted by atomic mass is 9.94. The van der Waals surface area contributed by atoms with E-state index in [4.69, 9.17) is 10.5 Å². The van der Waals surface area contributed by atoms with E-state index in [0.717, 1.165) is 18.8 Å². The van der Waals surface area contributed by atoms with E-state index in [1.54, 1.807) is 7.11 Å². The average molecular weight is 206 g/mol. The van der Waals surface area contributed by atoms with Crippen molar-refractivity contribution in [1.29, 1.82) is 0 Å². The quantitative estimate of drug-likeness (QED) is 0.786. The van der Waals surface area contributed by atoms with E-state index in [0.29, 0.717) is 5.92 Å². The fourth-order valence-corrected chi connectivity index (χ4v) is 2.33. The summed E-state index contributed by atoms with van der Waals surface area (Å²) in [7, 11) is 3.82. The van der Waals surface area contributed by atoms with Gasteiger partial charge in [-0.2, -0.15) is 0 Å². The molecule has 1 aromatic carbocycles. The number of methoxy groups -OCH3 is 1. The second-order valence-corrected chi connectivity index (χ2v) is 4.23. The van der Waals surface area contributed by atoms with Crippen LogP contribution in [0.5, 0.6) is 5.75 Å². The fraction of sp³-hybridized carbons (Fsp3) is 0.500. The normalized spacial score (nSPS) is 26.9. The summed E-state index contributed by atoms with van der Waals surface area (Å²) in [5, 5.41) is 0. The lowest BCUT2D eigenvalue weighted by molar-refractivity contribution is 0.395. The van der Waals surface area contributed by atoms with Gasteiger partial charge in [-0.25, -0.2) is 0 Å². The number of nitrogens with two attached hydrogens (primary N) is 1. The Labute approximate surface area is 90.8 Å². The number of likely N-dealkylation sites (N-methyl/N-ethyl adjacent to an activating group) is 1. The number of rotatable bonds is 2. The van der Waals surface area contributed by atoms with Gasteiger partial charge in [-0.1, -0.05) is 18.2 Å². The van der Waals surface area contributed by atoms with Crippen LogP contribution in [0, 0.1) is 0 Å². The Morgan fingerprint density at radius 1 is 1.33 bits per heavy atom. The summed E-state index contributed by atoms with van der Waals surface area (Å²) in [5.74, 6) is 1.35. The third-order valence-corrected chi connectivity index (χ3v) is 3.09. The third kappa shape index (κ3) is 1.98. The minimum atomic E-state index is 0.214. The molecule has 2 N–H and O–H groups in total. The minimum absolute atomic E-state index is 0.214. The Hall–Kier alpha value is -1.06. The fourth-order valence-electron chi connectivity index (χ4n) is 2.33. The molecule has 0 saturated carbocycles. The van der Waals surface area contributed by atoms with Gasteiger partial charge in [-0.3, -0.25) is 0 Å². The van der Waals surface area contributed by atoms with Gasteiger partial charge < -0.3 is 15.4 Å². The highest BCUT2D eigenvalue weighted by atomic mass is 16.5. The third-order valence-electron chi connectivity index (χ3n) is 3.09. The van der Waals surface area contributed by atoms with Crippen LogP contribution in [0.1, 0.15) is 11.5 Å². The van der Waals surface area contributed by atoms with E-state index >= 15 is 0 Å². The molecule has 1 aromatic rings. The average Bonchev–Trinajstić information content (AvgIpc) is 2.57. The molecular weight excluding hydrogens is 188 g/mol. The molecule has 0 aliphatic carbocycles. The van der Waals surface area contributed by atoms with Crippen molar-refractivity contribution in [3.8, 4) is 5.75 Å². The van der Waals surface area contributed by atoms with E-state index in [1.165, 1.54) is 5.56 Å². The first-order chi connectivity index (χ1) is 7.22. The molecule has 0 spiro atoms. The van der Waals surface area contributed by atoms with Gasteiger partial charge in [0.15, 0.2) is 0 Å². The molecular formula is C12H18N2O. The van der Waals surface area contributed by atoms with Crippen molar-refractivity contribution in [3.63, 3.8) is 0 Å². The standard InChI is InChI=1S/C12H18N2O/c1-14-7-10(11(13)8-14)9-5-3-4-6-12(9)15-2/h3-6,10-11H,7-8,13H2,1-2H3. The number of ether oxygens (including phenoxy) is 1. The molecule has 0 radical (unpaired) electrons. The second-order valence-electron chi connectivity index (χ2n) is 4.23. The zero-order chi connectivity index (χ0) is 10.8. The Morgan fingerprint density at radius 3 is 2.67 bits per heavy atom. The van der Waals surface area contributed by atoms with Gasteiger partial charge in [0.05, 0.1) is 7.11 Å². The Bertz CT molecular complexity index is 340. The van der Waals surface area contributed by atoms with Crippen molar-refractivity contribution >= 4 is 0 Å². The van der Waals surface area contributed by atoms with Gasteiger partial charge in [0.2, 0.25) is 0 Å². The van der Waals surface area contributed by atoms with E-state index in [2.05, 4.69) is 18.0 Å². The number of para-hydroxylation sites is 1. The first kappa shape index (κ1) is 10.5. The van der Waals surface area contributed by atoms with Gasteiger partial charge in [-0.15, -0.1) is 0 Å². The number of hydrogen-bond acceptors (Lipinski definition) is 3. The second kappa shape index (κ2) is 4.21. The molecule has 1 saturated heterocycles. The highest BCUT2D eigenvalue weighted by molar-refractivity contribution is 5.38. The molecule has 82 valence electrons. The smallest absolute Gasteiger partial charge is 0.122 e. The molecule has 1 aliphatic heterocycles. The van der Waals surface area contributed by atoms with Crippen LogP contribution in [0.25, 0.3) is 0 Å². The van der Waals surface area contributed by atoms with Gasteiger partial charge >= 0.3 is 0 Å². The molecule has 0 aromatic heterocycles. The summed E-state index contributed by atoms with van der Waals surface area (Å²) in [5.41, 5.74) is 7.36. The first-order valence-corrected chi connectivity index (χ1v) is 5.29. The Morgan fingerprint density at radius 2 is 2.07 bits per heavy atom. The van der Waals surface area contributed by atoms with Crippen molar-refractivity contribution in [1.82, 2.24) is 4.90 Å². The Kier molecular flexibility index (Phi) is 2.93. The molecule has 0 amide bonds.